The molecule has 0 amide bonds. The first-order valence-corrected chi connectivity index (χ1v) is 19.4. The van der Waals surface area contributed by atoms with Crippen LogP contribution in [0.4, 0.5) is 17.1 Å². The second kappa shape index (κ2) is 12.6. The van der Waals surface area contributed by atoms with Crippen LogP contribution in [-0.4, -0.2) is 0 Å². The predicted octanol–water partition coefficient (Wildman–Crippen LogP) is 14.8. The standard InChI is InChI=1S/C54H43N/c1-53(2)49-23-15-14-22-44(49)45-30-28-42(34-50(45)53)55(41-26-24-38(25-27-41)36-16-8-5-9-17-36)43-29-31-46-48-33-40(37-18-10-6-11-19-37)32-47(39-20-12-7-13-21-39)52(48)54(3,4)51(46)35-43/h5-35H,1-4H3. The lowest BCUT2D eigenvalue weighted by Crippen LogP contribution is -2.18. The summed E-state index contributed by atoms with van der Waals surface area (Å²) in [7, 11) is 0. The monoisotopic (exact) mass is 705 g/mol. The minimum Gasteiger partial charge on any atom is -0.310 e. The first kappa shape index (κ1) is 33.2. The van der Waals surface area contributed by atoms with Crippen LogP contribution < -0.4 is 4.90 Å². The summed E-state index contributed by atoms with van der Waals surface area (Å²) >= 11 is 0. The molecule has 264 valence electrons. The van der Waals surface area contributed by atoms with E-state index < -0.39 is 0 Å². The molecule has 8 aromatic rings. The predicted molar refractivity (Wildman–Crippen MR) is 233 cm³/mol. The van der Waals surface area contributed by atoms with Gasteiger partial charge in [-0.05, 0) is 126 Å². The maximum Gasteiger partial charge on any atom is 0.0465 e. The van der Waals surface area contributed by atoms with Gasteiger partial charge in [-0.3, -0.25) is 0 Å². The van der Waals surface area contributed by atoms with E-state index in [0.29, 0.717) is 0 Å². The molecule has 10 rings (SSSR count). The Hall–Kier alpha value is -6.44. The smallest absolute Gasteiger partial charge is 0.0465 e. The largest absolute Gasteiger partial charge is 0.310 e. The maximum atomic E-state index is 2.46. The van der Waals surface area contributed by atoms with Gasteiger partial charge in [0.25, 0.3) is 0 Å². The van der Waals surface area contributed by atoms with E-state index >= 15 is 0 Å². The highest BCUT2D eigenvalue weighted by Crippen LogP contribution is 2.56. The van der Waals surface area contributed by atoms with Crippen molar-refractivity contribution < 1.29 is 0 Å². The minimum absolute atomic E-state index is 0.101. The summed E-state index contributed by atoms with van der Waals surface area (Å²) in [5.74, 6) is 0. The molecular formula is C54H43N. The van der Waals surface area contributed by atoms with Crippen molar-refractivity contribution in [3.63, 3.8) is 0 Å². The summed E-state index contributed by atoms with van der Waals surface area (Å²) in [5, 5.41) is 0. The van der Waals surface area contributed by atoms with E-state index in [1.165, 1.54) is 77.9 Å². The number of anilines is 3. The summed E-state index contributed by atoms with van der Waals surface area (Å²) in [6, 6.07) is 69.4. The van der Waals surface area contributed by atoms with Crippen molar-refractivity contribution >= 4 is 17.1 Å². The normalized spacial score (nSPS) is 14.1. The van der Waals surface area contributed by atoms with E-state index in [9.17, 15) is 0 Å². The van der Waals surface area contributed by atoms with Crippen LogP contribution in [-0.2, 0) is 10.8 Å². The Labute approximate surface area is 325 Å². The molecule has 0 aromatic heterocycles. The van der Waals surface area contributed by atoms with Crippen LogP contribution >= 0.6 is 0 Å². The molecule has 0 bridgehead atoms. The summed E-state index contributed by atoms with van der Waals surface area (Å²) in [6.45, 7) is 9.54. The van der Waals surface area contributed by atoms with Crippen molar-refractivity contribution in [2.75, 3.05) is 4.90 Å². The quantitative estimate of drug-likeness (QED) is 0.166. The average molecular weight is 706 g/mol. The van der Waals surface area contributed by atoms with Gasteiger partial charge < -0.3 is 4.90 Å². The molecule has 0 atom stereocenters. The van der Waals surface area contributed by atoms with Crippen molar-refractivity contribution in [1.82, 2.24) is 0 Å². The third-order valence-corrected chi connectivity index (χ3v) is 12.2. The summed E-state index contributed by atoms with van der Waals surface area (Å²) in [4.78, 5) is 2.46. The Morgan fingerprint density at radius 3 is 1.35 bits per heavy atom. The number of hydrogen-bond acceptors (Lipinski definition) is 1. The third kappa shape index (κ3) is 5.29. The molecule has 55 heavy (non-hydrogen) atoms. The zero-order valence-electron chi connectivity index (χ0n) is 31.8. The Balaban J connectivity index is 1.15. The number of benzene rings is 8. The van der Waals surface area contributed by atoms with E-state index in [0.717, 1.165) is 17.1 Å². The lowest BCUT2D eigenvalue weighted by Gasteiger charge is -2.30. The van der Waals surface area contributed by atoms with E-state index in [-0.39, 0.29) is 10.8 Å². The van der Waals surface area contributed by atoms with Gasteiger partial charge in [-0.1, -0.05) is 167 Å². The lowest BCUT2D eigenvalue weighted by atomic mass is 9.78. The van der Waals surface area contributed by atoms with Gasteiger partial charge in [-0.25, -0.2) is 0 Å². The van der Waals surface area contributed by atoms with Gasteiger partial charge in [0.15, 0.2) is 0 Å². The topological polar surface area (TPSA) is 3.24 Å². The lowest BCUT2D eigenvalue weighted by molar-refractivity contribution is 0.660. The van der Waals surface area contributed by atoms with Gasteiger partial charge in [0.1, 0.15) is 0 Å². The van der Waals surface area contributed by atoms with Crippen LogP contribution in [0.1, 0.15) is 49.9 Å². The average Bonchev–Trinajstić information content (AvgIpc) is 3.61. The van der Waals surface area contributed by atoms with Crippen molar-refractivity contribution in [3.8, 4) is 55.6 Å². The maximum absolute atomic E-state index is 2.46. The van der Waals surface area contributed by atoms with Gasteiger partial charge in [0.2, 0.25) is 0 Å². The highest BCUT2D eigenvalue weighted by atomic mass is 15.1. The molecule has 0 spiro atoms. The molecule has 0 unspecified atom stereocenters. The van der Waals surface area contributed by atoms with E-state index in [4.69, 9.17) is 0 Å². The van der Waals surface area contributed by atoms with E-state index in [2.05, 4.69) is 221 Å². The molecule has 0 N–H and O–H groups in total. The molecule has 2 aliphatic rings. The molecule has 0 heterocycles. The molecule has 1 heteroatoms. The van der Waals surface area contributed by atoms with Crippen LogP contribution in [0.15, 0.2) is 188 Å². The fraction of sp³-hybridized carbons (Fsp3) is 0.111. The Morgan fingerprint density at radius 2 is 0.727 bits per heavy atom. The Morgan fingerprint density at radius 1 is 0.291 bits per heavy atom. The van der Waals surface area contributed by atoms with Crippen LogP contribution in [0.3, 0.4) is 0 Å². The fourth-order valence-corrected chi connectivity index (χ4v) is 9.44. The second-order valence-electron chi connectivity index (χ2n) is 16.2. The van der Waals surface area contributed by atoms with Gasteiger partial charge in [-0.2, -0.15) is 0 Å². The molecule has 2 aliphatic carbocycles. The van der Waals surface area contributed by atoms with Crippen LogP contribution in [0, 0.1) is 0 Å². The van der Waals surface area contributed by atoms with Crippen LogP contribution in [0.5, 0.6) is 0 Å². The van der Waals surface area contributed by atoms with Crippen molar-refractivity contribution in [2.45, 2.75) is 38.5 Å². The highest BCUT2D eigenvalue weighted by molar-refractivity contribution is 5.94. The first-order valence-electron chi connectivity index (χ1n) is 19.4. The zero-order valence-corrected chi connectivity index (χ0v) is 31.8. The highest BCUT2D eigenvalue weighted by Gasteiger charge is 2.39. The molecule has 0 aliphatic heterocycles. The van der Waals surface area contributed by atoms with Crippen molar-refractivity contribution in [1.29, 1.82) is 0 Å². The molecule has 1 nitrogen and oxygen atoms in total. The van der Waals surface area contributed by atoms with Crippen molar-refractivity contribution in [3.05, 3.63) is 210 Å². The summed E-state index contributed by atoms with van der Waals surface area (Å²) < 4.78 is 0. The zero-order chi connectivity index (χ0) is 37.3. The van der Waals surface area contributed by atoms with Crippen LogP contribution in [0.2, 0.25) is 0 Å². The molecular weight excluding hydrogens is 663 g/mol. The Kier molecular flexibility index (Phi) is 7.58. The Bertz CT molecular complexity index is 2720. The van der Waals surface area contributed by atoms with Gasteiger partial charge in [0, 0.05) is 27.9 Å². The fourth-order valence-electron chi connectivity index (χ4n) is 9.44. The number of hydrogen-bond donors (Lipinski definition) is 0. The number of nitrogens with zero attached hydrogens (tertiary/aromatic N) is 1. The van der Waals surface area contributed by atoms with Crippen molar-refractivity contribution in [2.24, 2.45) is 0 Å². The summed E-state index contributed by atoms with van der Waals surface area (Å²) in [6.07, 6.45) is 0. The van der Waals surface area contributed by atoms with Gasteiger partial charge >= 0.3 is 0 Å². The van der Waals surface area contributed by atoms with Crippen LogP contribution in [0.25, 0.3) is 55.6 Å². The molecule has 0 fully saturated rings. The number of fused-ring (bicyclic) bond motifs is 6. The van der Waals surface area contributed by atoms with Gasteiger partial charge in [-0.15, -0.1) is 0 Å². The summed E-state index contributed by atoms with van der Waals surface area (Å²) in [5.41, 5.74) is 21.4. The van der Waals surface area contributed by atoms with Gasteiger partial charge in [0.05, 0.1) is 0 Å². The minimum atomic E-state index is -0.231. The second-order valence-corrected chi connectivity index (χ2v) is 16.2. The molecule has 8 aromatic carbocycles. The first-order chi connectivity index (χ1) is 26.8. The third-order valence-electron chi connectivity index (χ3n) is 12.2. The molecule has 0 radical (unpaired) electrons. The SMILES string of the molecule is CC1(C)c2ccccc2-c2ccc(N(c3ccc(-c4ccccc4)cc3)c3ccc4c(c3)C(C)(C)c3c(-c5ccccc5)cc(-c5ccccc5)cc3-4)cc21. The molecule has 0 saturated heterocycles. The van der Waals surface area contributed by atoms with E-state index in [1.807, 2.05) is 0 Å². The molecule has 0 saturated carbocycles. The van der Waals surface area contributed by atoms with E-state index in [1.54, 1.807) is 0 Å². The number of rotatable bonds is 6.